The van der Waals surface area contributed by atoms with Crippen molar-refractivity contribution in [3.8, 4) is 5.88 Å². The average molecular weight is 193 g/mol. The lowest BCUT2D eigenvalue weighted by atomic mass is 10.2. The predicted octanol–water partition coefficient (Wildman–Crippen LogP) is 1.76. The van der Waals surface area contributed by atoms with Crippen LogP contribution in [-0.4, -0.2) is 22.6 Å². The molecule has 2 rings (SSSR count). The molecule has 1 saturated carbocycles. The minimum absolute atomic E-state index is 0.240. The largest absolute Gasteiger partial charge is 0.481 e. The van der Waals surface area contributed by atoms with E-state index in [0.717, 1.165) is 11.4 Å². The number of aromatic nitrogens is 2. The molecule has 1 aliphatic rings. The van der Waals surface area contributed by atoms with E-state index in [9.17, 15) is 0 Å². The Morgan fingerprint density at radius 3 is 2.71 bits per heavy atom. The summed E-state index contributed by atoms with van der Waals surface area (Å²) < 4.78 is 5.13. The number of nitrogens with one attached hydrogen (secondary N) is 1. The topological polar surface area (TPSA) is 47.0 Å². The SMILES string of the molecule is COc1ncnc(NC2(C)CC2)c1C. The number of methoxy groups -OCH3 is 1. The molecule has 1 aliphatic carbocycles. The fraction of sp³-hybridized carbons (Fsp3) is 0.600. The standard InChI is InChI=1S/C10H15N3O/c1-7-8(13-10(2)4-5-10)11-6-12-9(7)14-3/h6H,4-5H2,1-3H3,(H,11,12,13). The monoisotopic (exact) mass is 193 g/mol. The van der Waals surface area contributed by atoms with Crippen LogP contribution in [0, 0.1) is 6.92 Å². The first-order chi connectivity index (χ1) is 6.64. The van der Waals surface area contributed by atoms with Gasteiger partial charge >= 0.3 is 0 Å². The van der Waals surface area contributed by atoms with Gasteiger partial charge in [-0.05, 0) is 26.7 Å². The lowest BCUT2D eigenvalue weighted by Gasteiger charge is -2.14. The Balaban J connectivity index is 2.24. The van der Waals surface area contributed by atoms with Crippen LogP contribution in [0.1, 0.15) is 25.3 Å². The van der Waals surface area contributed by atoms with E-state index in [4.69, 9.17) is 4.74 Å². The lowest BCUT2D eigenvalue weighted by molar-refractivity contribution is 0.393. The average Bonchev–Trinajstić information content (AvgIpc) is 2.88. The van der Waals surface area contributed by atoms with Crippen LogP contribution in [0.4, 0.5) is 5.82 Å². The normalized spacial score (nSPS) is 17.6. The summed E-state index contributed by atoms with van der Waals surface area (Å²) in [5, 5.41) is 3.40. The molecule has 1 fully saturated rings. The van der Waals surface area contributed by atoms with Crippen molar-refractivity contribution in [2.45, 2.75) is 32.2 Å². The maximum absolute atomic E-state index is 5.13. The third kappa shape index (κ3) is 1.64. The van der Waals surface area contributed by atoms with Gasteiger partial charge in [0.05, 0.1) is 12.7 Å². The highest BCUT2D eigenvalue weighted by Gasteiger charge is 2.37. The summed E-state index contributed by atoms with van der Waals surface area (Å²) in [5.74, 6) is 1.53. The van der Waals surface area contributed by atoms with Crippen LogP contribution in [0.2, 0.25) is 0 Å². The lowest BCUT2D eigenvalue weighted by Crippen LogP contribution is -2.18. The number of hydrogen-bond acceptors (Lipinski definition) is 4. The molecule has 0 radical (unpaired) electrons. The van der Waals surface area contributed by atoms with Crippen LogP contribution >= 0.6 is 0 Å². The van der Waals surface area contributed by atoms with Crippen molar-refractivity contribution in [3.05, 3.63) is 11.9 Å². The van der Waals surface area contributed by atoms with Crippen LogP contribution in [0.15, 0.2) is 6.33 Å². The Morgan fingerprint density at radius 1 is 1.43 bits per heavy atom. The molecular weight excluding hydrogens is 178 g/mol. The molecule has 1 aromatic heterocycles. The Morgan fingerprint density at radius 2 is 2.14 bits per heavy atom. The first kappa shape index (κ1) is 9.24. The van der Waals surface area contributed by atoms with E-state index in [1.807, 2.05) is 6.92 Å². The molecule has 0 aliphatic heterocycles. The van der Waals surface area contributed by atoms with Crippen molar-refractivity contribution >= 4 is 5.82 Å². The number of anilines is 1. The minimum Gasteiger partial charge on any atom is -0.481 e. The second kappa shape index (κ2) is 3.12. The summed E-state index contributed by atoms with van der Waals surface area (Å²) in [6.07, 6.45) is 3.94. The van der Waals surface area contributed by atoms with Gasteiger partial charge in [0.1, 0.15) is 12.1 Å². The maximum atomic E-state index is 5.13. The third-order valence-corrected chi connectivity index (χ3v) is 2.65. The molecule has 0 atom stereocenters. The van der Waals surface area contributed by atoms with Crippen molar-refractivity contribution in [3.63, 3.8) is 0 Å². The maximum Gasteiger partial charge on any atom is 0.221 e. The zero-order valence-electron chi connectivity index (χ0n) is 8.79. The first-order valence-corrected chi connectivity index (χ1v) is 4.78. The van der Waals surface area contributed by atoms with Crippen molar-refractivity contribution in [2.75, 3.05) is 12.4 Å². The molecule has 76 valence electrons. The van der Waals surface area contributed by atoms with E-state index in [1.54, 1.807) is 7.11 Å². The van der Waals surface area contributed by atoms with Gasteiger partial charge in [-0.1, -0.05) is 0 Å². The smallest absolute Gasteiger partial charge is 0.221 e. The van der Waals surface area contributed by atoms with Gasteiger partial charge in [0.2, 0.25) is 5.88 Å². The summed E-state index contributed by atoms with van der Waals surface area (Å²) in [4.78, 5) is 8.24. The highest BCUT2D eigenvalue weighted by molar-refractivity contribution is 5.50. The summed E-state index contributed by atoms with van der Waals surface area (Å²) in [6, 6.07) is 0. The number of rotatable bonds is 3. The fourth-order valence-corrected chi connectivity index (χ4v) is 1.36. The van der Waals surface area contributed by atoms with Crippen LogP contribution < -0.4 is 10.1 Å². The van der Waals surface area contributed by atoms with E-state index >= 15 is 0 Å². The van der Waals surface area contributed by atoms with Gasteiger partial charge in [0.25, 0.3) is 0 Å². The van der Waals surface area contributed by atoms with Gasteiger partial charge in [0, 0.05) is 5.54 Å². The van der Waals surface area contributed by atoms with E-state index in [-0.39, 0.29) is 5.54 Å². The molecule has 0 amide bonds. The molecule has 0 bridgehead atoms. The molecule has 4 heteroatoms. The molecule has 4 nitrogen and oxygen atoms in total. The molecule has 0 unspecified atom stereocenters. The predicted molar refractivity (Wildman–Crippen MR) is 54.6 cm³/mol. The molecule has 1 aromatic rings. The fourth-order valence-electron chi connectivity index (χ4n) is 1.36. The Kier molecular flexibility index (Phi) is 2.06. The van der Waals surface area contributed by atoms with Crippen molar-refractivity contribution in [1.29, 1.82) is 0 Å². The number of hydrogen-bond donors (Lipinski definition) is 1. The van der Waals surface area contributed by atoms with Gasteiger partial charge in [-0.25, -0.2) is 9.97 Å². The molecule has 0 saturated heterocycles. The summed E-state index contributed by atoms with van der Waals surface area (Å²) in [5.41, 5.74) is 1.22. The highest BCUT2D eigenvalue weighted by Crippen LogP contribution is 2.38. The molecule has 0 aromatic carbocycles. The van der Waals surface area contributed by atoms with Crippen molar-refractivity contribution in [1.82, 2.24) is 9.97 Å². The molecule has 14 heavy (non-hydrogen) atoms. The molecule has 0 spiro atoms. The number of ether oxygens (including phenoxy) is 1. The summed E-state index contributed by atoms with van der Waals surface area (Å²) in [6.45, 7) is 4.16. The second-order valence-electron chi connectivity index (χ2n) is 4.04. The van der Waals surface area contributed by atoms with E-state index in [1.165, 1.54) is 19.2 Å². The van der Waals surface area contributed by atoms with Crippen LogP contribution in [0.5, 0.6) is 5.88 Å². The van der Waals surface area contributed by atoms with Crippen molar-refractivity contribution < 1.29 is 4.74 Å². The van der Waals surface area contributed by atoms with Gasteiger partial charge < -0.3 is 10.1 Å². The molecule has 1 heterocycles. The molecule has 1 N–H and O–H groups in total. The van der Waals surface area contributed by atoms with Gasteiger partial charge in [-0.3, -0.25) is 0 Å². The van der Waals surface area contributed by atoms with Crippen LogP contribution in [0.3, 0.4) is 0 Å². The third-order valence-electron chi connectivity index (χ3n) is 2.65. The van der Waals surface area contributed by atoms with E-state index in [0.29, 0.717) is 5.88 Å². The van der Waals surface area contributed by atoms with Gasteiger partial charge in [-0.2, -0.15) is 0 Å². The second-order valence-corrected chi connectivity index (χ2v) is 4.04. The zero-order chi connectivity index (χ0) is 10.2. The van der Waals surface area contributed by atoms with E-state index in [2.05, 4.69) is 22.2 Å². The quantitative estimate of drug-likeness (QED) is 0.794. The minimum atomic E-state index is 0.240. The van der Waals surface area contributed by atoms with Gasteiger partial charge in [0.15, 0.2) is 0 Å². The first-order valence-electron chi connectivity index (χ1n) is 4.78. The highest BCUT2D eigenvalue weighted by atomic mass is 16.5. The van der Waals surface area contributed by atoms with Gasteiger partial charge in [-0.15, -0.1) is 0 Å². The molecular formula is C10H15N3O. The zero-order valence-corrected chi connectivity index (χ0v) is 8.79. The van der Waals surface area contributed by atoms with Crippen LogP contribution in [0.25, 0.3) is 0 Å². The summed E-state index contributed by atoms with van der Waals surface area (Å²) in [7, 11) is 1.62. The van der Waals surface area contributed by atoms with Crippen molar-refractivity contribution in [2.24, 2.45) is 0 Å². The van der Waals surface area contributed by atoms with E-state index < -0.39 is 0 Å². The summed E-state index contributed by atoms with van der Waals surface area (Å²) >= 11 is 0. The number of nitrogens with zero attached hydrogens (tertiary/aromatic N) is 2. The Bertz CT molecular complexity index is 347. The Labute approximate surface area is 83.7 Å². The Hall–Kier alpha value is -1.32. The van der Waals surface area contributed by atoms with Crippen LogP contribution in [-0.2, 0) is 0 Å².